The number of nitrogens with one attached hydrogen (secondary N) is 2. The van der Waals surface area contributed by atoms with Gasteiger partial charge in [0.05, 0.1) is 11.8 Å². The van der Waals surface area contributed by atoms with E-state index in [1.807, 2.05) is 12.1 Å². The molecule has 0 radical (unpaired) electrons. The maximum atomic E-state index is 13.5. The Morgan fingerprint density at radius 3 is 2.70 bits per heavy atom. The number of sulfonamides is 1. The van der Waals surface area contributed by atoms with E-state index >= 15 is 0 Å². The van der Waals surface area contributed by atoms with Crippen molar-refractivity contribution in [1.82, 2.24) is 14.6 Å². The van der Waals surface area contributed by atoms with E-state index in [1.165, 1.54) is 6.26 Å². The zero-order chi connectivity index (χ0) is 24.0. The summed E-state index contributed by atoms with van der Waals surface area (Å²) in [5, 5.41) is 0.642. The molecular formula is C24H29N3O5S. The Balaban J connectivity index is 1.79. The third kappa shape index (κ3) is 4.89. The average Bonchev–Trinajstić information content (AvgIpc) is 3.15. The van der Waals surface area contributed by atoms with Crippen LogP contribution in [0.5, 0.6) is 0 Å². The van der Waals surface area contributed by atoms with Crippen molar-refractivity contribution in [2.75, 3.05) is 19.3 Å². The molecule has 9 heteroatoms. The van der Waals surface area contributed by atoms with Gasteiger partial charge in [-0.15, -0.1) is 0 Å². The molecule has 1 saturated heterocycles. The third-order valence-electron chi connectivity index (χ3n) is 5.93. The fraction of sp³-hybridized carbons (Fsp3) is 0.417. The second kappa shape index (κ2) is 8.46. The number of amides is 1. The molecule has 1 fully saturated rings. The smallest absolute Gasteiger partial charge is 0.257 e. The number of H-pyrrole nitrogens is 1. The number of aromatic amines is 1. The molecule has 0 bridgehead atoms. The summed E-state index contributed by atoms with van der Waals surface area (Å²) in [5.41, 5.74) is 2.64. The van der Waals surface area contributed by atoms with Gasteiger partial charge in [0.2, 0.25) is 10.0 Å². The standard InChI is InChI=1S/C24H29N3O5S/c1-24(2,3)20-12-15(17-8-5-9-25-22(17)28)11-18-19(14-32-21(18)20)23(29)27-10-6-7-16(13-27)26-33(4,30)31/h5,8-9,11-12,14,16,26H,6-7,10,13H2,1-4H3,(H,25,28). The van der Waals surface area contributed by atoms with Crippen LogP contribution in [0.4, 0.5) is 0 Å². The second-order valence-electron chi connectivity index (χ2n) is 9.69. The molecular weight excluding hydrogens is 442 g/mol. The molecule has 0 spiro atoms. The monoisotopic (exact) mass is 471 g/mol. The largest absolute Gasteiger partial charge is 0.463 e. The van der Waals surface area contributed by atoms with Crippen molar-refractivity contribution in [2.24, 2.45) is 0 Å². The number of furan rings is 1. The van der Waals surface area contributed by atoms with E-state index in [1.54, 1.807) is 23.2 Å². The number of pyridine rings is 1. The van der Waals surface area contributed by atoms with Gasteiger partial charge in [0.1, 0.15) is 11.8 Å². The van der Waals surface area contributed by atoms with Gasteiger partial charge in [0, 0.05) is 41.8 Å². The van der Waals surface area contributed by atoms with Crippen LogP contribution in [0.15, 0.2) is 45.9 Å². The van der Waals surface area contributed by atoms with Gasteiger partial charge >= 0.3 is 0 Å². The first-order valence-electron chi connectivity index (χ1n) is 10.9. The number of likely N-dealkylation sites (tertiary alicyclic amines) is 1. The van der Waals surface area contributed by atoms with E-state index < -0.39 is 10.0 Å². The van der Waals surface area contributed by atoms with Crippen LogP contribution in [-0.2, 0) is 15.4 Å². The van der Waals surface area contributed by atoms with Gasteiger partial charge in [-0.05, 0) is 48.1 Å². The predicted octanol–water partition coefficient (Wildman–Crippen LogP) is 3.24. The van der Waals surface area contributed by atoms with Gasteiger partial charge in [0.15, 0.2) is 0 Å². The van der Waals surface area contributed by atoms with Gasteiger partial charge in [-0.1, -0.05) is 20.8 Å². The number of hydrogen-bond acceptors (Lipinski definition) is 5. The lowest BCUT2D eigenvalue weighted by molar-refractivity contribution is 0.0704. The van der Waals surface area contributed by atoms with Crippen LogP contribution in [0.2, 0.25) is 0 Å². The highest BCUT2D eigenvalue weighted by Gasteiger charge is 2.30. The van der Waals surface area contributed by atoms with Crippen molar-refractivity contribution in [2.45, 2.75) is 45.1 Å². The maximum Gasteiger partial charge on any atom is 0.257 e. The Kier molecular flexibility index (Phi) is 5.96. The molecule has 3 aromatic rings. The lowest BCUT2D eigenvalue weighted by Gasteiger charge is -2.32. The van der Waals surface area contributed by atoms with Gasteiger partial charge in [-0.25, -0.2) is 13.1 Å². The maximum absolute atomic E-state index is 13.5. The number of nitrogens with zero attached hydrogens (tertiary/aromatic N) is 1. The van der Waals surface area contributed by atoms with E-state index in [9.17, 15) is 18.0 Å². The molecule has 1 unspecified atom stereocenters. The molecule has 0 aliphatic carbocycles. The highest BCUT2D eigenvalue weighted by molar-refractivity contribution is 7.88. The minimum Gasteiger partial charge on any atom is -0.463 e. The lowest BCUT2D eigenvalue weighted by atomic mass is 9.84. The van der Waals surface area contributed by atoms with E-state index in [2.05, 4.69) is 30.5 Å². The first kappa shape index (κ1) is 23.3. The SMILES string of the molecule is CC(C)(C)c1cc(-c2ccc[nH]c2=O)cc2c(C(=O)N3CCCC(NS(C)(=O)=O)C3)coc12. The number of piperidine rings is 1. The van der Waals surface area contributed by atoms with Crippen molar-refractivity contribution >= 4 is 26.9 Å². The second-order valence-corrected chi connectivity index (χ2v) is 11.5. The van der Waals surface area contributed by atoms with E-state index in [4.69, 9.17) is 4.42 Å². The molecule has 8 nitrogen and oxygen atoms in total. The summed E-state index contributed by atoms with van der Waals surface area (Å²) in [6.07, 6.45) is 5.55. The van der Waals surface area contributed by atoms with Crippen molar-refractivity contribution in [3.8, 4) is 11.1 Å². The number of hydrogen-bond donors (Lipinski definition) is 2. The number of rotatable bonds is 4. The lowest BCUT2D eigenvalue weighted by Crippen LogP contribution is -2.49. The van der Waals surface area contributed by atoms with Crippen molar-refractivity contribution in [1.29, 1.82) is 0 Å². The number of aromatic nitrogens is 1. The van der Waals surface area contributed by atoms with Crippen molar-refractivity contribution in [3.63, 3.8) is 0 Å². The quantitative estimate of drug-likeness (QED) is 0.607. The molecule has 2 N–H and O–H groups in total. The Labute approximate surface area is 193 Å². The van der Waals surface area contributed by atoms with E-state index in [0.717, 1.165) is 11.8 Å². The zero-order valence-corrected chi connectivity index (χ0v) is 20.1. The van der Waals surface area contributed by atoms with Gasteiger partial charge in [-0.3, -0.25) is 9.59 Å². The Hall–Kier alpha value is -2.91. The molecule has 3 heterocycles. The molecule has 0 saturated carbocycles. The summed E-state index contributed by atoms with van der Waals surface area (Å²) in [7, 11) is -3.36. The summed E-state index contributed by atoms with van der Waals surface area (Å²) < 4.78 is 31.8. The van der Waals surface area contributed by atoms with Crippen molar-refractivity contribution in [3.05, 3.63) is 58.2 Å². The minimum atomic E-state index is -3.36. The molecule has 2 aromatic heterocycles. The Morgan fingerprint density at radius 1 is 1.27 bits per heavy atom. The van der Waals surface area contributed by atoms with E-state index in [0.29, 0.717) is 53.6 Å². The first-order chi connectivity index (χ1) is 15.4. The molecule has 176 valence electrons. The number of benzene rings is 1. The third-order valence-corrected chi connectivity index (χ3v) is 6.69. The number of fused-ring (bicyclic) bond motifs is 1. The van der Waals surface area contributed by atoms with Crippen LogP contribution >= 0.6 is 0 Å². The number of carbonyl (C=O) groups excluding carboxylic acids is 1. The average molecular weight is 472 g/mol. The van der Waals surface area contributed by atoms with Crippen LogP contribution in [0.1, 0.15) is 49.5 Å². The first-order valence-corrected chi connectivity index (χ1v) is 12.8. The van der Waals surface area contributed by atoms with Crippen LogP contribution in [0.25, 0.3) is 22.1 Å². The predicted molar refractivity (Wildman–Crippen MR) is 128 cm³/mol. The van der Waals surface area contributed by atoms with Gasteiger partial charge < -0.3 is 14.3 Å². The Bertz CT molecular complexity index is 1360. The topological polar surface area (TPSA) is 112 Å². The van der Waals surface area contributed by atoms with Crippen LogP contribution in [-0.4, -0.2) is 49.6 Å². The van der Waals surface area contributed by atoms with Crippen LogP contribution < -0.4 is 10.3 Å². The normalized spacial score (nSPS) is 17.5. The highest BCUT2D eigenvalue weighted by atomic mass is 32.2. The fourth-order valence-corrected chi connectivity index (χ4v) is 5.19. The Morgan fingerprint density at radius 2 is 2.03 bits per heavy atom. The molecule has 4 rings (SSSR count). The molecule has 1 aliphatic rings. The van der Waals surface area contributed by atoms with Crippen LogP contribution in [0, 0.1) is 0 Å². The minimum absolute atomic E-state index is 0.209. The molecule has 1 amide bonds. The van der Waals surface area contributed by atoms with Gasteiger partial charge in [-0.2, -0.15) is 0 Å². The van der Waals surface area contributed by atoms with Gasteiger partial charge in [0.25, 0.3) is 11.5 Å². The van der Waals surface area contributed by atoms with Crippen LogP contribution in [0.3, 0.4) is 0 Å². The summed E-state index contributed by atoms with van der Waals surface area (Å²) in [5.74, 6) is -0.215. The summed E-state index contributed by atoms with van der Waals surface area (Å²) in [6, 6.07) is 6.96. The summed E-state index contributed by atoms with van der Waals surface area (Å²) >= 11 is 0. The summed E-state index contributed by atoms with van der Waals surface area (Å²) in [4.78, 5) is 30.3. The summed E-state index contributed by atoms with van der Waals surface area (Å²) in [6.45, 7) is 6.99. The van der Waals surface area contributed by atoms with Crippen molar-refractivity contribution < 1.29 is 17.6 Å². The molecule has 33 heavy (non-hydrogen) atoms. The fourth-order valence-electron chi connectivity index (χ4n) is 4.40. The molecule has 1 aliphatic heterocycles. The number of carbonyl (C=O) groups is 1. The highest BCUT2D eigenvalue weighted by Crippen LogP contribution is 2.37. The molecule has 1 aromatic carbocycles. The molecule has 1 atom stereocenters. The van der Waals surface area contributed by atoms with E-state index in [-0.39, 0.29) is 22.9 Å². The zero-order valence-electron chi connectivity index (χ0n) is 19.3.